The van der Waals surface area contributed by atoms with Crippen molar-refractivity contribution in [1.29, 1.82) is 0 Å². The number of β-amino-alcohol motifs (C(OH)–C–C–N with tert-alkyl or cyclic N) is 1. The van der Waals surface area contributed by atoms with E-state index in [1.807, 2.05) is 7.05 Å². The fourth-order valence-electron chi connectivity index (χ4n) is 1.29. The Morgan fingerprint density at radius 1 is 1.70 bits per heavy atom. The zero-order chi connectivity index (χ0) is 7.40. The van der Waals surface area contributed by atoms with Gasteiger partial charge in [0.25, 0.3) is 0 Å². The Morgan fingerprint density at radius 3 is 3.00 bits per heavy atom. The van der Waals surface area contributed by atoms with Crippen molar-refractivity contribution in [1.82, 2.24) is 10.2 Å². The zero-order valence-corrected chi connectivity index (χ0v) is 6.51. The van der Waals surface area contributed by atoms with Gasteiger partial charge in [-0.2, -0.15) is 0 Å². The molecule has 60 valence electrons. The Bertz CT molecular complexity index is 97.6. The summed E-state index contributed by atoms with van der Waals surface area (Å²) in [5, 5.41) is 12.2. The molecule has 3 nitrogen and oxygen atoms in total. The van der Waals surface area contributed by atoms with Gasteiger partial charge in [0.05, 0.1) is 6.10 Å². The zero-order valence-electron chi connectivity index (χ0n) is 6.51. The van der Waals surface area contributed by atoms with Crippen LogP contribution in [-0.2, 0) is 0 Å². The van der Waals surface area contributed by atoms with E-state index < -0.39 is 0 Å². The van der Waals surface area contributed by atoms with Crippen LogP contribution in [0.5, 0.6) is 0 Å². The number of likely N-dealkylation sites (N-methyl/N-ethyl adjacent to an activating group) is 1. The summed E-state index contributed by atoms with van der Waals surface area (Å²) in [4.78, 5) is 2.28. The Labute approximate surface area is 62.0 Å². The van der Waals surface area contributed by atoms with Crippen LogP contribution in [0.3, 0.4) is 0 Å². The lowest BCUT2D eigenvalue weighted by atomic mass is 10.3. The van der Waals surface area contributed by atoms with Crippen molar-refractivity contribution in [2.45, 2.75) is 12.5 Å². The van der Waals surface area contributed by atoms with Gasteiger partial charge in [-0.3, -0.25) is 4.90 Å². The SMILES string of the molecule is CNCCN1CCC(O)C1. The molecular weight excluding hydrogens is 128 g/mol. The molecule has 1 atom stereocenters. The van der Waals surface area contributed by atoms with E-state index in [4.69, 9.17) is 5.11 Å². The monoisotopic (exact) mass is 144 g/mol. The fourth-order valence-corrected chi connectivity index (χ4v) is 1.29. The highest BCUT2D eigenvalue weighted by molar-refractivity contribution is 4.74. The number of hydrogen-bond acceptors (Lipinski definition) is 3. The Balaban J connectivity index is 2.06. The van der Waals surface area contributed by atoms with Gasteiger partial charge in [0.2, 0.25) is 0 Å². The maximum absolute atomic E-state index is 9.14. The number of aliphatic hydroxyl groups excluding tert-OH is 1. The molecule has 2 N–H and O–H groups in total. The van der Waals surface area contributed by atoms with Gasteiger partial charge >= 0.3 is 0 Å². The lowest BCUT2D eigenvalue weighted by Gasteiger charge is -2.13. The van der Waals surface area contributed by atoms with Crippen LogP contribution < -0.4 is 5.32 Å². The molecule has 0 aromatic carbocycles. The molecule has 10 heavy (non-hydrogen) atoms. The summed E-state index contributed by atoms with van der Waals surface area (Å²) in [6, 6.07) is 0. The second kappa shape index (κ2) is 3.91. The molecule has 1 aliphatic heterocycles. The predicted octanol–water partition coefficient (Wildman–Crippen LogP) is -0.728. The van der Waals surface area contributed by atoms with E-state index in [0.29, 0.717) is 0 Å². The van der Waals surface area contributed by atoms with Gasteiger partial charge in [-0.15, -0.1) is 0 Å². The third-order valence-corrected chi connectivity index (χ3v) is 1.93. The van der Waals surface area contributed by atoms with Gasteiger partial charge in [0.15, 0.2) is 0 Å². The summed E-state index contributed by atoms with van der Waals surface area (Å²) in [6.07, 6.45) is 0.876. The van der Waals surface area contributed by atoms with Gasteiger partial charge in [-0.05, 0) is 13.5 Å². The van der Waals surface area contributed by atoms with Crippen LogP contribution in [0.25, 0.3) is 0 Å². The van der Waals surface area contributed by atoms with Crippen LogP contribution in [0.2, 0.25) is 0 Å². The van der Waals surface area contributed by atoms with Gasteiger partial charge in [-0.25, -0.2) is 0 Å². The van der Waals surface area contributed by atoms with Gasteiger partial charge < -0.3 is 10.4 Å². The van der Waals surface area contributed by atoms with E-state index >= 15 is 0 Å². The molecule has 0 spiro atoms. The second-order valence-corrected chi connectivity index (χ2v) is 2.85. The van der Waals surface area contributed by atoms with E-state index in [0.717, 1.165) is 32.6 Å². The molecule has 1 unspecified atom stereocenters. The maximum atomic E-state index is 9.14. The Kier molecular flexibility index (Phi) is 3.12. The minimum atomic E-state index is -0.0724. The molecule has 0 amide bonds. The molecule has 1 rings (SSSR count). The Hall–Kier alpha value is -0.120. The summed E-state index contributed by atoms with van der Waals surface area (Å²) in [7, 11) is 1.95. The summed E-state index contributed by atoms with van der Waals surface area (Å²) in [5.74, 6) is 0. The van der Waals surface area contributed by atoms with E-state index in [2.05, 4.69) is 10.2 Å². The van der Waals surface area contributed by atoms with Crippen LogP contribution in [0.15, 0.2) is 0 Å². The number of nitrogens with one attached hydrogen (secondary N) is 1. The molecule has 0 saturated carbocycles. The lowest BCUT2D eigenvalue weighted by molar-refractivity contribution is 0.177. The normalized spacial score (nSPS) is 27.6. The number of likely N-dealkylation sites (tertiary alicyclic amines) is 1. The first kappa shape index (κ1) is 7.98. The molecule has 0 aliphatic carbocycles. The summed E-state index contributed by atoms with van der Waals surface area (Å²) in [5.41, 5.74) is 0. The van der Waals surface area contributed by atoms with Crippen LogP contribution in [0.4, 0.5) is 0 Å². The molecule has 0 aromatic heterocycles. The first-order valence-corrected chi connectivity index (χ1v) is 3.88. The van der Waals surface area contributed by atoms with Crippen molar-refractivity contribution >= 4 is 0 Å². The van der Waals surface area contributed by atoms with Crippen molar-refractivity contribution < 1.29 is 5.11 Å². The molecule has 0 bridgehead atoms. The van der Waals surface area contributed by atoms with Gasteiger partial charge in [-0.1, -0.05) is 0 Å². The van der Waals surface area contributed by atoms with E-state index in [9.17, 15) is 0 Å². The number of rotatable bonds is 3. The van der Waals surface area contributed by atoms with Crippen molar-refractivity contribution in [2.75, 3.05) is 33.2 Å². The third-order valence-electron chi connectivity index (χ3n) is 1.93. The highest BCUT2D eigenvalue weighted by atomic mass is 16.3. The lowest BCUT2D eigenvalue weighted by Crippen LogP contribution is -2.29. The molecular formula is C7H16N2O. The molecule has 0 aromatic rings. The number of aliphatic hydroxyl groups is 1. The average Bonchev–Trinajstić information content (AvgIpc) is 2.31. The number of nitrogens with zero attached hydrogens (tertiary/aromatic N) is 1. The van der Waals surface area contributed by atoms with E-state index in [1.165, 1.54) is 0 Å². The fraction of sp³-hybridized carbons (Fsp3) is 1.00. The standard InChI is InChI=1S/C7H16N2O/c1-8-3-5-9-4-2-7(10)6-9/h7-8,10H,2-6H2,1H3. The summed E-state index contributed by atoms with van der Waals surface area (Å²) in [6.45, 7) is 4.00. The molecule has 1 fully saturated rings. The first-order chi connectivity index (χ1) is 4.83. The minimum Gasteiger partial charge on any atom is -0.392 e. The predicted molar refractivity (Wildman–Crippen MR) is 41.0 cm³/mol. The first-order valence-electron chi connectivity index (χ1n) is 3.88. The van der Waals surface area contributed by atoms with Gasteiger partial charge in [0.1, 0.15) is 0 Å². The van der Waals surface area contributed by atoms with Crippen molar-refractivity contribution in [2.24, 2.45) is 0 Å². The summed E-state index contributed by atoms with van der Waals surface area (Å²) < 4.78 is 0. The molecule has 3 heteroatoms. The molecule has 1 heterocycles. The van der Waals surface area contributed by atoms with Gasteiger partial charge in [0, 0.05) is 26.2 Å². The second-order valence-electron chi connectivity index (χ2n) is 2.85. The minimum absolute atomic E-state index is 0.0724. The quantitative estimate of drug-likeness (QED) is 0.548. The largest absolute Gasteiger partial charge is 0.392 e. The van der Waals surface area contributed by atoms with E-state index in [1.54, 1.807) is 0 Å². The molecule has 1 saturated heterocycles. The molecule has 0 radical (unpaired) electrons. The smallest absolute Gasteiger partial charge is 0.0679 e. The van der Waals surface area contributed by atoms with Crippen LogP contribution >= 0.6 is 0 Å². The third kappa shape index (κ3) is 2.25. The average molecular weight is 144 g/mol. The topological polar surface area (TPSA) is 35.5 Å². The van der Waals surface area contributed by atoms with Crippen molar-refractivity contribution in [3.63, 3.8) is 0 Å². The van der Waals surface area contributed by atoms with Crippen LogP contribution in [0.1, 0.15) is 6.42 Å². The maximum Gasteiger partial charge on any atom is 0.0679 e. The number of hydrogen-bond donors (Lipinski definition) is 2. The van der Waals surface area contributed by atoms with Crippen LogP contribution in [-0.4, -0.2) is 49.3 Å². The van der Waals surface area contributed by atoms with Crippen molar-refractivity contribution in [3.05, 3.63) is 0 Å². The molecule has 1 aliphatic rings. The Morgan fingerprint density at radius 2 is 2.50 bits per heavy atom. The highest BCUT2D eigenvalue weighted by Crippen LogP contribution is 2.06. The summed E-state index contributed by atoms with van der Waals surface area (Å²) >= 11 is 0. The van der Waals surface area contributed by atoms with Crippen LogP contribution in [0, 0.1) is 0 Å². The van der Waals surface area contributed by atoms with E-state index in [-0.39, 0.29) is 6.10 Å². The highest BCUT2D eigenvalue weighted by Gasteiger charge is 2.18. The van der Waals surface area contributed by atoms with Crippen molar-refractivity contribution in [3.8, 4) is 0 Å².